The number of carbonyl (C=O) groups is 2. The van der Waals surface area contributed by atoms with Crippen molar-refractivity contribution in [2.24, 2.45) is 7.05 Å². The van der Waals surface area contributed by atoms with E-state index in [0.29, 0.717) is 0 Å². The molecule has 4 aromatic heterocycles. The van der Waals surface area contributed by atoms with Gasteiger partial charge < -0.3 is 19.5 Å². The highest BCUT2D eigenvalue weighted by molar-refractivity contribution is 6.11. The van der Waals surface area contributed by atoms with Crippen molar-refractivity contribution < 1.29 is 35.9 Å². The number of alkyl halides is 6. The van der Waals surface area contributed by atoms with Crippen molar-refractivity contribution in [1.82, 2.24) is 19.5 Å². The quantitative estimate of drug-likeness (QED) is 0.305. The molecule has 0 saturated carbocycles. The number of ketones is 2. The van der Waals surface area contributed by atoms with E-state index in [2.05, 4.69) is 15.0 Å². The second-order valence-corrected chi connectivity index (χ2v) is 6.67. The maximum absolute atomic E-state index is 12.3. The van der Waals surface area contributed by atoms with Crippen LogP contribution in [0.1, 0.15) is 20.7 Å². The number of nitrogens with one attached hydrogen (secondary N) is 3. The molecule has 0 aromatic carbocycles. The minimum absolute atomic E-state index is 0.0115. The number of rotatable bonds is 2. The summed E-state index contributed by atoms with van der Waals surface area (Å²) in [7, 11) is 1.47. The molecule has 0 spiro atoms. The number of pyridine rings is 2. The lowest BCUT2D eigenvalue weighted by Gasteiger charge is -2.03. The zero-order valence-corrected chi connectivity index (χ0v) is 16.3. The summed E-state index contributed by atoms with van der Waals surface area (Å²) in [6.45, 7) is 0. The van der Waals surface area contributed by atoms with Gasteiger partial charge in [-0.15, -0.1) is 0 Å². The predicted octanol–water partition coefficient (Wildman–Crippen LogP) is 3.21. The van der Waals surface area contributed by atoms with Gasteiger partial charge in [-0.1, -0.05) is 0 Å². The van der Waals surface area contributed by atoms with Crippen LogP contribution in [0.5, 0.6) is 0 Å². The Balaban J connectivity index is 0.000000186. The number of hydrogen-bond donors (Lipinski definition) is 3. The van der Waals surface area contributed by atoms with Crippen LogP contribution in [0.4, 0.5) is 26.3 Å². The Labute approximate surface area is 177 Å². The van der Waals surface area contributed by atoms with Crippen LogP contribution in [0.15, 0.2) is 46.5 Å². The zero-order valence-electron chi connectivity index (χ0n) is 16.3. The average Bonchev–Trinajstić information content (AvgIpc) is 3.34. The van der Waals surface area contributed by atoms with Crippen molar-refractivity contribution in [3.05, 3.63) is 68.8 Å². The van der Waals surface area contributed by atoms with Crippen molar-refractivity contribution in [3.63, 3.8) is 0 Å². The van der Waals surface area contributed by atoms with Gasteiger partial charge in [0.25, 0.3) is 22.7 Å². The standard InChI is InChI=1S/C10H7F3N2O2.C9H5F3N2O2/c1-15-3-2-5-6(8(16)10(11,12)13)4-14-7(5)9(15)17;10-9(11,12)7(15)5-3-14-6-4(5)1-2-13-8(6)16/h2-4,14H,1H3;1-3,14H,(H,13,16). The van der Waals surface area contributed by atoms with E-state index in [1.54, 1.807) is 0 Å². The predicted molar refractivity (Wildman–Crippen MR) is 103 cm³/mol. The first kappa shape index (κ1) is 23.6. The average molecular weight is 474 g/mol. The van der Waals surface area contributed by atoms with Crippen LogP contribution in [-0.2, 0) is 7.05 Å². The van der Waals surface area contributed by atoms with Gasteiger partial charge in [0.15, 0.2) is 0 Å². The van der Waals surface area contributed by atoms with Gasteiger partial charge in [0.05, 0.1) is 11.1 Å². The molecular weight excluding hydrogens is 462 g/mol. The molecule has 0 unspecified atom stereocenters. The van der Waals surface area contributed by atoms with E-state index in [1.165, 1.54) is 36.1 Å². The monoisotopic (exact) mass is 474 g/mol. The van der Waals surface area contributed by atoms with Crippen LogP contribution in [0, 0.1) is 0 Å². The van der Waals surface area contributed by atoms with E-state index in [4.69, 9.17) is 0 Å². The van der Waals surface area contributed by atoms with Crippen molar-refractivity contribution in [2.75, 3.05) is 0 Å². The molecule has 0 saturated heterocycles. The fraction of sp³-hybridized carbons (Fsp3) is 0.158. The van der Waals surface area contributed by atoms with E-state index in [9.17, 15) is 45.5 Å². The highest BCUT2D eigenvalue weighted by Crippen LogP contribution is 2.26. The van der Waals surface area contributed by atoms with Gasteiger partial charge in [-0.25, -0.2) is 0 Å². The summed E-state index contributed by atoms with van der Waals surface area (Å²) in [4.78, 5) is 51.8. The van der Waals surface area contributed by atoms with Crippen LogP contribution < -0.4 is 11.1 Å². The summed E-state index contributed by atoms with van der Waals surface area (Å²) < 4.78 is 74.6. The van der Waals surface area contributed by atoms with Crippen LogP contribution in [0.25, 0.3) is 21.8 Å². The SMILES string of the molecule is Cn1ccc2c(C(=O)C(F)(F)F)c[nH]c2c1=O.O=C(c1c[nH]c2c(=O)[nH]ccc12)C(F)(F)F. The first-order valence-corrected chi connectivity index (χ1v) is 8.82. The number of aromatic nitrogens is 4. The fourth-order valence-electron chi connectivity index (χ4n) is 2.96. The highest BCUT2D eigenvalue weighted by atomic mass is 19.4. The van der Waals surface area contributed by atoms with E-state index >= 15 is 0 Å². The summed E-state index contributed by atoms with van der Waals surface area (Å²) >= 11 is 0. The fourth-order valence-corrected chi connectivity index (χ4v) is 2.96. The summed E-state index contributed by atoms with van der Waals surface area (Å²) in [5, 5.41) is -0.0542. The molecule has 4 aromatic rings. The number of carbonyl (C=O) groups excluding carboxylic acids is 2. The van der Waals surface area contributed by atoms with Gasteiger partial charge >= 0.3 is 12.4 Å². The molecule has 0 aliphatic carbocycles. The lowest BCUT2D eigenvalue weighted by atomic mass is 10.1. The molecule has 0 amide bonds. The number of nitrogens with zero attached hydrogens (tertiary/aromatic N) is 1. The Kier molecular flexibility index (Phi) is 5.79. The van der Waals surface area contributed by atoms with E-state index in [0.717, 1.165) is 12.4 Å². The maximum Gasteiger partial charge on any atom is 0.454 e. The third kappa shape index (κ3) is 4.44. The lowest BCUT2D eigenvalue weighted by molar-refractivity contribution is -0.0887. The third-order valence-electron chi connectivity index (χ3n) is 4.54. The molecular formula is C19H12F6N4O4. The largest absolute Gasteiger partial charge is 0.454 e. The van der Waals surface area contributed by atoms with Crippen molar-refractivity contribution in [2.45, 2.75) is 12.4 Å². The molecule has 4 rings (SSSR count). The molecule has 3 N–H and O–H groups in total. The van der Waals surface area contributed by atoms with Gasteiger partial charge in [-0.2, -0.15) is 26.3 Å². The zero-order chi connectivity index (χ0) is 24.7. The minimum atomic E-state index is -4.95. The van der Waals surface area contributed by atoms with Crippen LogP contribution in [-0.4, -0.2) is 43.4 Å². The summed E-state index contributed by atoms with van der Waals surface area (Å²) in [6.07, 6.45) is -5.61. The first-order chi connectivity index (χ1) is 15.2. The molecule has 14 heteroatoms. The van der Waals surface area contributed by atoms with Crippen LogP contribution >= 0.6 is 0 Å². The van der Waals surface area contributed by atoms with Crippen molar-refractivity contribution in [1.29, 1.82) is 0 Å². The first-order valence-electron chi connectivity index (χ1n) is 8.82. The van der Waals surface area contributed by atoms with Crippen LogP contribution in [0.2, 0.25) is 0 Å². The van der Waals surface area contributed by atoms with E-state index < -0.39 is 46.2 Å². The molecule has 0 atom stereocenters. The lowest BCUT2D eigenvalue weighted by Crippen LogP contribution is -2.22. The molecule has 4 heterocycles. The smallest absolute Gasteiger partial charge is 0.356 e. The molecule has 0 radical (unpaired) electrons. The number of hydrogen-bond acceptors (Lipinski definition) is 4. The molecule has 0 fully saturated rings. The summed E-state index contributed by atoms with van der Waals surface area (Å²) in [6, 6.07) is 2.54. The van der Waals surface area contributed by atoms with E-state index in [-0.39, 0.29) is 21.8 Å². The Morgan fingerprint density at radius 2 is 1.27 bits per heavy atom. The number of Topliss-reactive ketones (excluding diaryl/α,β-unsaturated/α-hetero) is 2. The number of aromatic amines is 3. The van der Waals surface area contributed by atoms with Crippen molar-refractivity contribution >= 4 is 33.4 Å². The topological polar surface area (TPSA) is 121 Å². The molecule has 174 valence electrons. The Bertz CT molecular complexity index is 1490. The molecule has 0 aliphatic rings. The number of H-pyrrole nitrogens is 3. The van der Waals surface area contributed by atoms with Gasteiger partial charge in [-0.3, -0.25) is 19.2 Å². The third-order valence-corrected chi connectivity index (χ3v) is 4.54. The summed E-state index contributed by atoms with van der Waals surface area (Å²) in [5.74, 6) is -3.93. The van der Waals surface area contributed by atoms with Crippen LogP contribution in [0.3, 0.4) is 0 Å². The van der Waals surface area contributed by atoms with Gasteiger partial charge in [0, 0.05) is 42.6 Å². The molecule has 33 heavy (non-hydrogen) atoms. The van der Waals surface area contributed by atoms with Gasteiger partial charge in [0.2, 0.25) is 0 Å². The summed E-state index contributed by atoms with van der Waals surface area (Å²) in [5.41, 5.74) is -2.20. The Hall–Kier alpha value is -4.10. The Morgan fingerprint density at radius 3 is 1.79 bits per heavy atom. The number of aryl methyl sites for hydroxylation is 1. The normalized spacial score (nSPS) is 12.0. The highest BCUT2D eigenvalue weighted by Gasteiger charge is 2.41. The maximum atomic E-state index is 12.3. The molecule has 8 nitrogen and oxygen atoms in total. The van der Waals surface area contributed by atoms with Crippen molar-refractivity contribution in [3.8, 4) is 0 Å². The van der Waals surface area contributed by atoms with E-state index in [1.807, 2.05) is 0 Å². The Morgan fingerprint density at radius 1 is 0.788 bits per heavy atom. The molecule has 0 bridgehead atoms. The van der Waals surface area contributed by atoms with Gasteiger partial charge in [-0.05, 0) is 12.1 Å². The number of fused-ring (bicyclic) bond motifs is 2. The number of halogens is 6. The van der Waals surface area contributed by atoms with Gasteiger partial charge in [0.1, 0.15) is 11.0 Å². The second-order valence-electron chi connectivity index (χ2n) is 6.67. The minimum Gasteiger partial charge on any atom is -0.356 e. The second kappa shape index (κ2) is 8.11. The molecule has 0 aliphatic heterocycles.